The van der Waals surface area contributed by atoms with Crippen molar-refractivity contribution in [1.82, 2.24) is 0 Å². The van der Waals surface area contributed by atoms with E-state index in [1.807, 2.05) is 38.1 Å². The average molecular weight is 355 g/mol. The monoisotopic (exact) mass is 355 g/mol. The molecule has 5 nitrogen and oxygen atoms in total. The van der Waals surface area contributed by atoms with E-state index in [-0.39, 0.29) is 11.9 Å². The molecule has 0 fully saturated rings. The number of hydrogen-bond acceptors (Lipinski definition) is 4. The predicted molar refractivity (Wildman–Crippen MR) is 102 cm³/mol. The molecule has 2 aromatic carbocycles. The van der Waals surface area contributed by atoms with Crippen molar-refractivity contribution in [3.63, 3.8) is 0 Å². The fourth-order valence-corrected chi connectivity index (χ4v) is 2.27. The number of rotatable bonds is 8. The van der Waals surface area contributed by atoms with Gasteiger partial charge in [-0.2, -0.15) is 0 Å². The average Bonchev–Trinajstić information content (AvgIpc) is 2.62. The maximum Gasteiger partial charge on any atom is 0.338 e. The van der Waals surface area contributed by atoms with Gasteiger partial charge < -0.3 is 14.8 Å². The molecule has 0 aliphatic carbocycles. The molecule has 0 aliphatic heterocycles. The van der Waals surface area contributed by atoms with Crippen LogP contribution in [0.3, 0.4) is 0 Å². The molecule has 5 heteroatoms. The third-order valence-electron chi connectivity index (χ3n) is 3.79. The highest BCUT2D eigenvalue weighted by molar-refractivity contribution is 5.95. The maximum absolute atomic E-state index is 12.3. The first-order valence-corrected chi connectivity index (χ1v) is 8.81. The number of anilines is 1. The number of aryl methyl sites for hydroxylation is 1. The fourth-order valence-electron chi connectivity index (χ4n) is 2.27. The number of ether oxygens (including phenoxy) is 2. The molecule has 1 N–H and O–H groups in total. The topological polar surface area (TPSA) is 64.6 Å². The van der Waals surface area contributed by atoms with Crippen molar-refractivity contribution < 1.29 is 19.1 Å². The van der Waals surface area contributed by atoms with Crippen LogP contribution < -0.4 is 10.1 Å². The predicted octanol–water partition coefficient (Wildman–Crippen LogP) is 4.36. The number of carbonyl (C=O) groups excluding carboxylic acids is 2. The Morgan fingerprint density at radius 3 is 2.50 bits per heavy atom. The van der Waals surface area contributed by atoms with Crippen LogP contribution in [0.15, 0.2) is 48.5 Å². The van der Waals surface area contributed by atoms with Gasteiger partial charge in [0.05, 0.1) is 12.2 Å². The first-order valence-electron chi connectivity index (χ1n) is 8.81. The van der Waals surface area contributed by atoms with Crippen LogP contribution in [0.5, 0.6) is 5.75 Å². The van der Waals surface area contributed by atoms with E-state index in [9.17, 15) is 9.59 Å². The fraction of sp³-hybridized carbons (Fsp3) is 0.333. The van der Waals surface area contributed by atoms with E-state index in [1.165, 1.54) is 0 Å². The van der Waals surface area contributed by atoms with Gasteiger partial charge in [-0.1, -0.05) is 25.5 Å². The van der Waals surface area contributed by atoms with Crippen LogP contribution in [0, 0.1) is 6.92 Å². The second-order valence-electron chi connectivity index (χ2n) is 6.13. The van der Waals surface area contributed by atoms with E-state index in [2.05, 4.69) is 5.32 Å². The lowest BCUT2D eigenvalue weighted by Gasteiger charge is -2.15. The summed E-state index contributed by atoms with van der Waals surface area (Å²) in [5.74, 6) is 0.0371. The summed E-state index contributed by atoms with van der Waals surface area (Å²) in [4.78, 5) is 24.1. The van der Waals surface area contributed by atoms with E-state index in [0.29, 0.717) is 23.6 Å². The Balaban J connectivity index is 1.89. The minimum Gasteiger partial charge on any atom is -0.481 e. The summed E-state index contributed by atoms with van der Waals surface area (Å²) in [6.45, 7) is 6.11. The van der Waals surface area contributed by atoms with E-state index < -0.39 is 6.10 Å². The van der Waals surface area contributed by atoms with Gasteiger partial charge in [0.1, 0.15) is 5.75 Å². The van der Waals surface area contributed by atoms with Crippen molar-refractivity contribution >= 4 is 17.6 Å². The van der Waals surface area contributed by atoms with Crippen molar-refractivity contribution in [2.75, 3.05) is 11.9 Å². The Labute approximate surface area is 154 Å². The van der Waals surface area contributed by atoms with Crippen LogP contribution in [0.2, 0.25) is 0 Å². The SMILES string of the molecule is CCCCOC(=O)c1ccc(NC(=O)[C@@H](C)Oc2cccc(C)c2)cc1. The molecule has 2 aromatic rings. The Morgan fingerprint density at radius 1 is 1.12 bits per heavy atom. The minimum absolute atomic E-state index is 0.259. The van der Waals surface area contributed by atoms with Crippen molar-refractivity contribution in [3.05, 3.63) is 59.7 Å². The quantitative estimate of drug-likeness (QED) is 0.564. The highest BCUT2D eigenvalue weighted by Gasteiger charge is 2.15. The third-order valence-corrected chi connectivity index (χ3v) is 3.79. The lowest BCUT2D eigenvalue weighted by molar-refractivity contribution is -0.122. The second-order valence-corrected chi connectivity index (χ2v) is 6.13. The first-order chi connectivity index (χ1) is 12.5. The summed E-state index contributed by atoms with van der Waals surface area (Å²) in [6, 6.07) is 14.2. The molecule has 26 heavy (non-hydrogen) atoms. The number of benzene rings is 2. The molecule has 1 amide bonds. The van der Waals surface area contributed by atoms with Gasteiger partial charge in [0, 0.05) is 5.69 Å². The molecule has 0 unspecified atom stereocenters. The Bertz CT molecular complexity index is 740. The summed E-state index contributed by atoms with van der Waals surface area (Å²) in [6.07, 6.45) is 1.18. The maximum atomic E-state index is 12.3. The van der Waals surface area contributed by atoms with Crippen LogP contribution in [0.1, 0.15) is 42.6 Å². The number of esters is 1. The molecular formula is C21H25NO4. The van der Waals surface area contributed by atoms with Crippen molar-refractivity contribution in [2.24, 2.45) is 0 Å². The summed E-state index contributed by atoms with van der Waals surface area (Å²) < 4.78 is 10.8. The van der Waals surface area contributed by atoms with E-state index >= 15 is 0 Å². The molecule has 2 rings (SSSR count). The normalized spacial score (nSPS) is 11.5. The highest BCUT2D eigenvalue weighted by Crippen LogP contribution is 2.16. The number of carbonyl (C=O) groups is 2. The molecule has 0 spiro atoms. The molecule has 0 aliphatic rings. The summed E-state index contributed by atoms with van der Waals surface area (Å²) in [7, 11) is 0. The lowest BCUT2D eigenvalue weighted by Crippen LogP contribution is -2.30. The molecule has 0 radical (unpaired) electrons. The molecule has 0 saturated carbocycles. The first kappa shape index (κ1) is 19.5. The zero-order valence-corrected chi connectivity index (χ0v) is 15.5. The molecule has 0 heterocycles. The zero-order valence-electron chi connectivity index (χ0n) is 15.5. The van der Waals surface area contributed by atoms with Crippen LogP contribution in [-0.4, -0.2) is 24.6 Å². The lowest BCUT2D eigenvalue weighted by atomic mass is 10.2. The molecule has 138 valence electrons. The van der Waals surface area contributed by atoms with Gasteiger partial charge in [0.25, 0.3) is 5.91 Å². The summed E-state index contributed by atoms with van der Waals surface area (Å²) >= 11 is 0. The van der Waals surface area contributed by atoms with Gasteiger partial charge in [0.15, 0.2) is 6.10 Å². The third kappa shape index (κ3) is 5.92. The zero-order chi connectivity index (χ0) is 18.9. The molecule has 1 atom stereocenters. The van der Waals surface area contributed by atoms with Crippen molar-refractivity contribution in [2.45, 2.75) is 39.7 Å². The second kappa shape index (κ2) is 9.61. The van der Waals surface area contributed by atoms with E-state index in [0.717, 1.165) is 18.4 Å². The number of hydrogen-bond donors (Lipinski definition) is 1. The molecule has 0 saturated heterocycles. The van der Waals surface area contributed by atoms with Gasteiger partial charge in [-0.25, -0.2) is 4.79 Å². The smallest absolute Gasteiger partial charge is 0.338 e. The summed E-state index contributed by atoms with van der Waals surface area (Å²) in [5, 5.41) is 2.78. The van der Waals surface area contributed by atoms with Crippen LogP contribution in [0.25, 0.3) is 0 Å². The van der Waals surface area contributed by atoms with E-state index in [1.54, 1.807) is 31.2 Å². The highest BCUT2D eigenvalue weighted by atomic mass is 16.5. The number of nitrogens with one attached hydrogen (secondary N) is 1. The summed E-state index contributed by atoms with van der Waals surface area (Å²) in [5.41, 5.74) is 2.12. The van der Waals surface area contributed by atoms with Crippen LogP contribution >= 0.6 is 0 Å². The molecule has 0 aromatic heterocycles. The van der Waals surface area contributed by atoms with Gasteiger partial charge >= 0.3 is 5.97 Å². The number of unbranched alkanes of at least 4 members (excludes halogenated alkanes) is 1. The van der Waals surface area contributed by atoms with Crippen molar-refractivity contribution in [3.8, 4) is 5.75 Å². The Hall–Kier alpha value is -2.82. The Morgan fingerprint density at radius 2 is 1.85 bits per heavy atom. The van der Waals surface area contributed by atoms with Crippen LogP contribution in [0.4, 0.5) is 5.69 Å². The van der Waals surface area contributed by atoms with Gasteiger partial charge in [-0.15, -0.1) is 0 Å². The van der Waals surface area contributed by atoms with Crippen LogP contribution in [-0.2, 0) is 9.53 Å². The molecular weight excluding hydrogens is 330 g/mol. The largest absolute Gasteiger partial charge is 0.481 e. The number of amides is 1. The molecule has 0 bridgehead atoms. The van der Waals surface area contributed by atoms with Gasteiger partial charge in [0.2, 0.25) is 0 Å². The Kier molecular flexibility index (Phi) is 7.21. The van der Waals surface area contributed by atoms with Gasteiger partial charge in [-0.3, -0.25) is 4.79 Å². The van der Waals surface area contributed by atoms with E-state index in [4.69, 9.17) is 9.47 Å². The standard InChI is InChI=1S/C21H25NO4/c1-4-5-13-25-21(24)17-9-11-18(12-10-17)22-20(23)16(3)26-19-8-6-7-15(2)14-19/h6-12,14,16H,4-5,13H2,1-3H3,(H,22,23)/t16-/m1/s1. The minimum atomic E-state index is -0.643. The van der Waals surface area contributed by atoms with Gasteiger partial charge in [-0.05, 0) is 62.2 Å². The van der Waals surface area contributed by atoms with Crippen molar-refractivity contribution in [1.29, 1.82) is 0 Å².